The van der Waals surface area contributed by atoms with Crippen LogP contribution in [0.25, 0.3) is 0 Å². The zero-order valence-electron chi connectivity index (χ0n) is 6.55. The molecule has 4 heteroatoms. The third-order valence-electron chi connectivity index (χ3n) is 1.14. The highest BCUT2D eigenvalue weighted by atomic mass is 32.2. The van der Waals surface area contributed by atoms with Crippen LogP contribution in [0.2, 0.25) is 0 Å². The lowest BCUT2D eigenvalue weighted by atomic mass is 10.3. The molecule has 0 aromatic carbocycles. The van der Waals surface area contributed by atoms with Crippen molar-refractivity contribution < 1.29 is 14.3 Å². The van der Waals surface area contributed by atoms with Crippen molar-refractivity contribution in [3.63, 3.8) is 0 Å². The number of hydrogen-bond acceptors (Lipinski definition) is 2. The van der Waals surface area contributed by atoms with E-state index in [-0.39, 0.29) is 18.3 Å². The summed E-state index contributed by atoms with van der Waals surface area (Å²) in [6.07, 6.45) is 0.686. The second kappa shape index (κ2) is 6.46. The Morgan fingerprint density at radius 1 is 1.73 bits per heavy atom. The molecular formula is C7H13FO2S. The molecule has 0 fully saturated rings. The summed E-state index contributed by atoms with van der Waals surface area (Å²) < 4.78 is 11.6. The molecule has 0 amide bonds. The summed E-state index contributed by atoms with van der Waals surface area (Å²) in [5, 5.41) is 8.45. The summed E-state index contributed by atoms with van der Waals surface area (Å²) in [5.41, 5.74) is 0. The third-order valence-corrected chi connectivity index (χ3v) is 2.40. The maximum Gasteiger partial charge on any atom is 0.304 e. The Morgan fingerprint density at radius 2 is 2.36 bits per heavy atom. The number of halogens is 1. The fourth-order valence-corrected chi connectivity index (χ4v) is 1.58. The van der Waals surface area contributed by atoms with Crippen molar-refractivity contribution in [1.82, 2.24) is 0 Å². The molecule has 0 rings (SSSR count). The SMILES string of the molecule is CC(CC(=O)O)SCCCF. The summed E-state index contributed by atoms with van der Waals surface area (Å²) in [6, 6.07) is 0. The Hall–Kier alpha value is -0.250. The molecule has 0 spiro atoms. The van der Waals surface area contributed by atoms with E-state index in [0.717, 1.165) is 0 Å². The highest BCUT2D eigenvalue weighted by molar-refractivity contribution is 7.99. The predicted molar refractivity (Wildman–Crippen MR) is 44.8 cm³/mol. The minimum absolute atomic E-state index is 0.0963. The van der Waals surface area contributed by atoms with Gasteiger partial charge >= 0.3 is 5.97 Å². The molecule has 0 heterocycles. The zero-order valence-corrected chi connectivity index (χ0v) is 7.36. The van der Waals surface area contributed by atoms with Crippen LogP contribution in [-0.4, -0.2) is 28.8 Å². The first kappa shape index (κ1) is 10.8. The van der Waals surface area contributed by atoms with Crippen LogP contribution in [0.4, 0.5) is 4.39 Å². The van der Waals surface area contributed by atoms with E-state index >= 15 is 0 Å². The van der Waals surface area contributed by atoms with Gasteiger partial charge in [0.25, 0.3) is 0 Å². The Balaban J connectivity index is 3.22. The predicted octanol–water partition coefficient (Wildman–Crippen LogP) is 1.94. The van der Waals surface area contributed by atoms with Crippen molar-refractivity contribution in [2.75, 3.05) is 12.4 Å². The number of carboxylic acid groups (broad SMARTS) is 1. The van der Waals surface area contributed by atoms with Gasteiger partial charge in [-0.25, -0.2) is 0 Å². The van der Waals surface area contributed by atoms with Gasteiger partial charge in [0.15, 0.2) is 0 Å². The van der Waals surface area contributed by atoms with Crippen molar-refractivity contribution in [2.45, 2.75) is 25.0 Å². The van der Waals surface area contributed by atoms with Crippen LogP contribution in [0.15, 0.2) is 0 Å². The first-order chi connectivity index (χ1) is 5.16. The molecule has 1 unspecified atom stereocenters. The number of rotatable bonds is 6. The molecule has 1 N–H and O–H groups in total. The van der Waals surface area contributed by atoms with E-state index in [1.807, 2.05) is 6.92 Å². The third kappa shape index (κ3) is 7.65. The summed E-state index contributed by atoms with van der Waals surface area (Å²) in [5.74, 6) is -0.0736. The standard InChI is InChI=1S/C7H13FO2S/c1-6(5-7(9)10)11-4-2-3-8/h6H,2-5H2,1H3,(H,9,10). The molecule has 2 nitrogen and oxygen atoms in total. The first-order valence-electron chi connectivity index (χ1n) is 3.56. The Kier molecular flexibility index (Phi) is 6.31. The number of hydrogen-bond donors (Lipinski definition) is 1. The topological polar surface area (TPSA) is 37.3 Å². The second-order valence-corrected chi connectivity index (χ2v) is 3.87. The van der Waals surface area contributed by atoms with Gasteiger partial charge in [-0.3, -0.25) is 9.18 Å². The van der Waals surface area contributed by atoms with Gasteiger partial charge in [-0.15, -0.1) is 0 Å². The van der Waals surface area contributed by atoms with Gasteiger partial charge in [0.1, 0.15) is 0 Å². The normalized spacial score (nSPS) is 12.9. The molecule has 0 aliphatic heterocycles. The van der Waals surface area contributed by atoms with E-state index < -0.39 is 5.97 Å². The van der Waals surface area contributed by atoms with Crippen LogP contribution >= 0.6 is 11.8 Å². The van der Waals surface area contributed by atoms with Gasteiger partial charge in [-0.2, -0.15) is 11.8 Å². The van der Waals surface area contributed by atoms with Crippen LogP contribution in [0.5, 0.6) is 0 Å². The molecule has 0 radical (unpaired) electrons. The number of thioether (sulfide) groups is 1. The van der Waals surface area contributed by atoms with E-state index in [2.05, 4.69) is 0 Å². The Bertz CT molecular complexity index is 119. The molecule has 0 bridgehead atoms. The van der Waals surface area contributed by atoms with E-state index in [1.165, 1.54) is 11.8 Å². The average molecular weight is 180 g/mol. The summed E-state index contributed by atoms with van der Waals surface area (Å²) >= 11 is 1.51. The van der Waals surface area contributed by atoms with Crippen LogP contribution in [0.3, 0.4) is 0 Å². The van der Waals surface area contributed by atoms with Crippen molar-refractivity contribution in [1.29, 1.82) is 0 Å². The van der Waals surface area contributed by atoms with E-state index in [1.54, 1.807) is 0 Å². The van der Waals surface area contributed by atoms with E-state index in [4.69, 9.17) is 5.11 Å². The molecule has 0 saturated carbocycles. The fraction of sp³-hybridized carbons (Fsp3) is 0.857. The molecule has 66 valence electrons. The van der Waals surface area contributed by atoms with Crippen LogP contribution in [0, 0.1) is 0 Å². The lowest BCUT2D eigenvalue weighted by Crippen LogP contribution is -2.06. The van der Waals surface area contributed by atoms with Gasteiger partial charge in [0.2, 0.25) is 0 Å². The maximum absolute atomic E-state index is 11.6. The lowest BCUT2D eigenvalue weighted by molar-refractivity contribution is -0.136. The van der Waals surface area contributed by atoms with Gasteiger partial charge in [-0.05, 0) is 12.2 Å². The van der Waals surface area contributed by atoms with Gasteiger partial charge in [0, 0.05) is 5.25 Å². The van der Waals surface area contributed by atoms with Crippen molar-refractivity contribution in [3.8, 4) is 0 Å². The number of aliphatic carboxylic acids is 1. The molecule has 0 aromatic heterocycles. The van der Waals surface area contributed by atoms with Crippen molar-refractivity contribution in [2.24, 2.45) is 0 Å². The van der Waals surface area contributed by atoms with Gasteiger partial charge < -0.3 is 5.11 Å². The quantitative estimate of drug-likeness (QED) is 0.635. The Morgan fingerprint density at radius 3 is 2.82 bits per heavy atom. The minimum atomic E-state index is -0.787. The number of carboxylic acids is 1. The molecule has 0 saturated heterocycles. The smallest absolute Gasteiger partial charge is 0.304 e. The van der Waals surface area contributed by atoms with Gasteiger partial charge in [-0.1, -0.05) is 6.92 Å². The van der Waals surface area contributed by atoms with Crippen LogP contribution in [-0.2, 0) is 4.79 Å². The zero-order chi connectivity index (χ0) is 8.69. The first-order valence-corrected chi connectivity index (χ1v) is 4.61. The average Bonchev–Trinajstić information content (AvgIpc) is 1.86. The molecular weight excluding hydrogens is 167 g/mol. The number of alkyl halides is 1. The molecule has 1 atom stereocenters. The lowest BCUT2D eigenvalue weighted by Gasteiger charge is -2.05. The molecule has 0 aliphatic rings. The van der Waals surface area contributed by atoms with Gasteiger partial charge in [0.05, 0.1) is 13.1 Å². The second-order valence-electron chi connectivity index (χ2n) is 2.32. The van der Waals surface area contributed by atoms with Crippen LogP contribution < -0.4 is 0 Å². The minimum Gasteiger partial charge on any atom is -0.481 e. The highest BCUT2D eigenvalue weighted by Crippen LogP contribution is 2.14. The summed E-state index contributed by atoms with van der Waals surface area (Å²) in [6.45, 7) is 1.53. The molecule has 0 aliphatic carbocycles. The largest absolute Gasteiger partial charge is 0.481 e. The van der Waals surface area contributed by atoms with Crippen molar-refractivity contribution in [3.05, 3.63) is 0 Å². The fourth-order valence-electron chi connectivity index (χ4n) is 0.644. The Labute approximate surface area is 70.2 Å². The summed E-state index contributed by atoms with van der Waals surface area (Å²) in [4.78, 5) is 10.2. The summed E-state index contributed by atoms with van der Waals surface area (Å²) in [7, 11) is 0. The van der Waals surface area contributed by atoms with E-state index in [0.29, 0.717) is 12.2 Å². The highest BCUT2D eigenvalue weighted by Gasteiger charge is 2.06. The monoisotopic (exact) mass is 180 g/mol. The molecule has 0 aromatic rings. The maximum atomic E-state index is 11.6. The van der Waals surface area contributed by atoms with E-state index in [9.17, 15) is 9.18 Å². The van der Waals surface area contributed by atoms with Crippen LogP contribution in [0.1, 0.15) is 19.8 Å². The molecule has 11 heavy (non-hydrogen) atoms. The van der Waals surface area contributed by atoms with Crippen molar-refractivity contribution >= 4 is 17.7 Å². The number of carbonyl (C=O) groups is 1.